The average molecular weight is 356 g/mol. The second-order valence-corrected chi connectivity index (χ2v) is 5.42. The predicted molar refractivity (Wildman–Crippen MR) is 93.9 cm³/mol. The van der Waals surface area contributed by atoms with Crippen LogP contribution >= 0.6 is 0 Å². The Labute approximate surface area is 150 Å². The number of hydrogen-bond acceptors (Lipinski definition) is 4. The van der Waals surface area contributed by atoms with Crippen LogP contribution in [-0.4, -0.2) is 17.6 Å². The fraction of sp³-hybridized carbons (Fsp3) is 0.211. The van der Waals surface area contributed by atoms with Crippen molar-refractivity contribution in [1.29, 1.82) is 0 Å². The number of nitrogens with one attached hydrogen (secondary N) is 1. The van der Waals surface area contributed by atoms with Gasteiger partial charge in [0.25, 0.3) is 5.69 Å². The lowest BCUT2D eigenvalue weighted by Crippen LogP contribution is -2.24. The Morgan fingerprint density at radius 1 is 1.31 bits per heavy atom. The maximum absolute atomic E-state index is 13.8. The second-order valence-electron chi connectivity index (χ2n) is 5.42. The van der Waals surface area contributed by atoms with Crippen molar-refractivity contribution in [3.8, 4) is 11.8 Å². The average Bonchev–Trinajstić information content (AvgIpc) is 2.61. The van der Waals surface area contributed by atoms with Crippen LogP contribution < -0.4 is 5.32 Å². The van der Waals surface area contributed by atoms with Crippen LogP contribution in [0, 0.1) is 34.7 Å². The molecular weight excluding hydrogens is 339 g/mol. The van der Waals surface area contributed by atoms with Crippen LogP contribution in [0.4, 0.5) is 14.9 Å². The van der Waals surface area contributed by atoms with Crippen molar-refractivity contribution in [1.82, 2.24) is 5.32 Å². The van der Waals surface area contributed by atoms with Crippen LogP contribution in [0.3, 0.4) is 0 Å². The molecule has 0 heterocycles. The number of nitro benzene ring substituents is 1. The molecule has 0 aromatic heterocycles. The van der Waals surface area contributed by atoms with Gasteiger partial charge in [0.05, 0.1) is 10.5 Å². The highest BCUT2D eigenvalue weighted by Gasteiger charge is 2.14. The smallest absolute Gasteiger partial charge is 0.407 e. The summed E-state index contributed by atoms with van der Waals surface area (Å²) in [6.45, 7) is 1.84. The highest BCUT2D eigenvalue weighted by Crippen LogP contribution is 2.21. The van der Waals surface area contributed by atoms with Gasteiger partial charge in [-0.1, -0.05) is 42.2 Å². The quantitative estimate of drug-likeness (QED) is 0.383. The van der Waals surface area contributed by atoms with E-state index in [1.165, 1.54) is 6.92 Å². The minimum atomic E-state index is -0.615. The third-order valence-corrected chi connectivity index (χ3v) is 3.44. The molecule has 1 amide bonds. The molecule has 6 nitrogen and oxygen atoms in total. The predicted octanol–water partition coefficient (Wildman–Crippen LogP) is 3.71. The third-order valence-electron chi connectivity index (χ3n) is 3.44. The van der Waals surface area contributed by atoms with Gasteiger partial charge in [0.15, 0.2) is 0 Å². The number of amides is 1. The summed E-state index contributed by atoms with van der Waals surface area (Å²) < 4.78 is 18.8. The number of halogens is 1. The van der Waals surface area contributed by atoms with Gasteiger partial charge >= 0.3 is 6.09 Å². The second kappa shape index (κ2) is 9.18. The zero-order chi connectivity index (χ0) is 18.9. The maximum Gasteiger partial charge on any atom is 0.407 e. The van der Waals surface area contributed by atoms with E-state index in [1.54, 1.807) is 0 Å². The first-order valence-corrected chi connectivity index (χ1v) is 7.85. The van der Waals surface area contributed by atoms with Crippen molar-refractivity contribution in [2.75, 3.05) is 6.54 Å². The van der Waals surface area contributed by atoms with Gasteiger partial charge in [-0.05, 0) is 18.6 Å². The molecule has 7 heteroatoms. The Kier molecular flexibility index (Phi) is 6.68. The number of nitro groups is 1. The molecule has 2 rings (SSSR count). The van der Waals surface area contributed by atoms with Crippen LogP contribution in [0.2, 0.25) is 0 Å². The molecule has 0 radical (unpaired) electrons. The Balaban J connectivity index is 1.81. The van der Waals surface area contributed by atoms with E-state index in [9.17, 15) is 19.3 Å². The van der Waals surface area contributed by atoms with E-state index in [0.29, 0.717) is 0 Å². The fourth-order valence-corrected chi connectivity index (χ4v) is 2.11. The zero-order valence-corrected chi connectivity index (χ0v) is 14.1. The highest BCUT2D eigenvalue weighted by atomic mass is 19.1. The summed E-state index contributed by atoms with van der Waals surface area (Å²) in [7, 11) is 0. The van der Waals surface area contributed by atoms with E-state index in [0.717, 1.165) is 17.7 Å². The molecule has 134 valence electrons. The summed E-state index contributed by atoms with van der Waals surface area (Å²) in [5, 5.41) is 13.4. The van der Waals surface area contributed by atoms with E-state index in [1.807, 2.05) is 30.3 Å². The molecule has 0 bridgehead atoms. The molecular formula is C19H17FN2O4. The summed E-state index contributed by atoms with van der Waals surface area (Å²) >= 11 is 0. The molecule has 0 aliphatic heterocycles. The highest BCUT2D eigenvalue weighted by molar-refractivity contribution is 5.67. The van der Waals surface area contributed by atoms with Crippen molar-refractivity contribution in [3.63, 3.8) is 0 Å². The molecule has 2 aromatic carbocycles. The Morgan fingerprint density at radius 2 is 2.04 bits per heavy atom. The summed E-state index contributed by atoms with van der Waals surface area (Å²) in [5.74, 6) is 4.60. The zero-order valence-electron chi connectivity index (χ0n) is 14.1. The molecule has 0 unspecified atom stereocenters. The minimum Gasteiger partial charge on any atom is -0.445 e. The van der Waals surface area contributed by atoms with E-state index >= 15 is 0 Å². The van der Waals surface area contributed by atoms with E-state index in [-0.39, 0.29) is 36.4 Å². The number of carbonyl (C=O) groups is 1. The number of hydrogen-bond donors (Lipinski definition) is 1. The van der Waals surface area contributed by atoms with Gasteiger partial charge in [-0.15, -0.1) is 0 Å². The minimum absolute atomic E-state index is 0.0473. The Morgan fingerprint density at radius 3 is 2.73 bits per heavy atom. The third kappa shape index (κ3) is 5.60. The largest absolute Gasteiger partial charge is 0.445 e. The fourth-order valence-electron chi connectivity index (χ4n) is 2.11. The lowest BCUT2D eigenvalue weighted by molar-refractivity contribution is -0.385. The van der Waals surface area contributed by atoms with Crippen LogP contribution in [0.1, 0.15) is 23.1 Å². The lowest BCUT2D eigenvalue weighted by Gasteiger charge is -2.05. The number of benzene rings is 2. The number of rotatable bonds is 5. The normalized spacial score (nSPS) is 9.77. The van der Waals surface area contributed by atoms with Gasteiger partial charge in [0.2, 0.25) is 0 Å². The number of aryl methyl sites for hydroxylation is 1. The van der Waals surface area contributed by atoms with Crippen molar-refractivity contribution in [2.45, 2.75) is 20.0 Å². The van der Waals surface area contributed by atoms with Crippen molar-refractivity contribution in [3.05, 3.63) is 75.1 Å². The van der Waals surface area contributed by atoms with Crippen molar-refractivity contribution in [2.24, 2.45) is 0 Å². The van der Waals surface area contributed by atoms with Crippen molar-refractivity contribution < 1.29 is 18.8 Å². The molecule has 0 aliphatic rings. The first kappa shape index (κ1) is 18.9. The van der Waals surface area contributed by atoms with Gasteiger partial charge in [-0.3, -0.25) is 10.1 Å². The molecule has 0 aliphatic carbocycles. The summed E-state index contributed by atoms with van der Waals surface area (Å²) in [4.78, 5) is 21.8. The van der Waals surface area contributed by atoms with Gasteiger partial charge in [0, 0.05) is 24.6 Å². The van der Waals surface area contributed by atoms with Crippen LogP contribution in [0.15, 0.2) is 42.5 Å². The van der Waals surface area contributed by atoms with Crippen molar-refractivity contribution >= 4 is 11.8 Å². The summed E-state index contributed by atoms with van der Waals surface area (Å²) in [6, 6.07) is 11.4. The first-order chi connectivity index (χ1) is 12.5. The molecule has 0 spiro atoms. The molecule has 2 aromatic rings. The molecule has 26 heavy (non-hydrogen) atoms. The van der Waals surface area contributed by atoms with Gasteiger partial charge in [-0.25, -0.2) is 9.18 Å². The number of alkyl carbamates (subject to hydrolysis) is 1. The SMILES string of the molecule is Cc1cc(F)c(C#CCCNC(=O)OCc2ccccc2)cc1[N+](=O)[O-]. The summed E-state index contributed by atoms with van der Waals surface area (Å²) in [6.07, 6.45) is -0.325. The van der Waals surface area contributed by atoms with E-state index in [4.69, 9.17) is 4.74 Å². The first-order valence-electron chi connectivity index (χ1n) is 7.85. The van der Waals surface area contributed by atoms with E-state index < -0.39 is 16.8 Å². The maximum atomic E-state index is 13.8. The molecule has 0 atom stereocenters. The van der Waals surface area contributed by atoms with Crippen LogP contribution in [0.25, 0.3) is 0 Å². The number of nitrogens with zero attached hydrogens (tertiary/aromatic N) is 1. The Bertz CT molecular complexity index is 857. The monoisotopic (exact) mass is 356 g/mol. The van der Waals surface area contributed by atoms with Gasteiger partial charge < -0.3 is 10.1 Å². The summed E-state index contributed by atoms with van der Waals surface area (Å²) in [5.41, 5.74) is 0.882. The number of ether oxygens (including phenoxy) is 1. The molecule has 0 saturated carbocycles. The van der Waals surface area contributed by atoms with Crippen LogP contribution in [-0.2, 0) is 11.3 Å². The van der Waals surface area contributed by atoms with E-state index in [2.05, 4.69) is 17.2 Å². The molecule has 0 saturated heterocycles. The van der Waals surface area contributed by atoms with Gasteiger partial charge in [-0.2, -0.15) is 0 Å². The molecule has 0 fully saturated rings. The lowest BCUT2D eigenvalue weighted by atomic mass is 10.1. The molecule has 1 N–H and O–H groups in total. The topological polar surface area (TPSA) is 81.5 Å². The number of carbonyl (C=O) groups excluding carboxylic acids is 1. The van der Waals surface area contributed by atoms with Crippen LogP contribution in [0.5, 0.6) is 0 Å². The standard InChI is InChI=1S/C19H17FN2O4/c1-14-11-17(20)16(12-18(14)22(24)25)9-5-6-10-21-19(23)26-13-15-7-3-2-4-8-15/h2-4,7-8,11-12H,6,10,13H2,1H3,(H,21,23). The Hall–Kier alpha value is -3.40. The van der Waals surface area contributed by atoms with Gasteiger partial charge in [0.1, 0.15) is 12.4 Å².